The third-order valence-corrected chi connectivity index (χ3v) is 6.10. The predicted molar refractivity (Wildman–Crippen MR) is 125 cm³/mol. The van der Waals surface area contributed by atoms with Crippen LogP contribution in [0.1, 0.15) is 28.4 Å². The molecule has 1 atom stereocenters. The maximum atomic E-state index is 14.2. The lowest BCUT2D eigenvalue weighted by Crippen LogP contribution is -2.38. The first kappa shape index (κ1) is 21.2. The van der Waals surface area contributed by atoms with Crippen molar-refractivity contribution < 1.29 is 13.6 Å². The van der Waals surface area contributed by atoms with Gasteiger partial charge in [0.25, 0.3) is 0 Å². The summed E-state index contributed by atoms with van der Waals surface area (Å²) in [6.45, 7) is 2.14. The van der Waals surface area contributed by atoms with Crippen molar-refractivity contribution in [2.75, 3.05) is 5.32 Å². The summed E-state index contributed by atoms with van der Waals surface area (Å²) in [6.07, 6.45) is 1.88. The van der Waals surface area contributed by atoms with Crippen LogP contribution >= 0.6 is 11.6 Å². The van der Waals surface area contributed by atoms with Gasteiger partial charge in [0.05, 0.1) is 29.0 Å². The molecule has 3 aromatic carbocycles. The maximum Gasteiger partial charge on any atom is 0.323 e. The van der Waals surface area contributed by atoms with Crippen molar-refractivity contribution in [3.05, 3.63) is 118 Å². The predicted octanol–water partition coefficient (Wildman–Crippen LogP) is 6.85. The molecule has 0 aliphatic carbocycles. The lowest BCUT2D eigenvalue weighted by molar-refractivity contribution is 0.194. The lowest BCUT2D eigenvalue weighted by atomic mass is 10.0. The summed E-state index contributed by atoms with van der Waals surface area (Å²) in [4.78, 5) is 15.2. The Labute approximate surface area is 195 Å². The summed E-state index contributed by atoms with van der Waals surface area (Å²) in [6, 6.07) is 19.0. The van der Waals surface area contributed by atoms with Gasteiger partial charge in [-0.2, -0.15) is 0 Å². The second-order valence-corrected chi connectivity index (χ2v) is 8.49. The van der Waals surface area contributed by atoms with Crippen LogP contribution in [0.2, 0.25) is 5.02 Å². The Bertz CT molecular complexity index is 1350. The molecule has 0 saturated carbocycles. The maximum absolute atomic E-state index is 14.2. The zero-order valence-corrected chi connectivity index (χ0v) is 18.5. The van der Waals surface area contributed by atoms with Gasteiger partial charge in [-0.1, -0.05) is 35.9 Å². The number of carbonyl (C=O) groups excluding carboxylic acids is 1. The van der Waals surface area contributed by atoms with Gasteiger partial charge < -0.3 is 14.8 Å². The molecule has 1 aliphatic rings. The number of para-hydroxylation sites is 1. The van der Waals surface area contributed by atoms with E-state index in [2.05, 4.69) is 5.32 Å². The Hall–Kier alpha value is -3.64. The van der Waals surface area contributed by atoms with Crippen LogP contribution in [0.3, 0.4) is 0 Å². The molecular weight excluding hydrogens is 444 g/mol. The molecule has 2 heterocycles. The second-order valence-electron chi connectivity index (χ2n) is 8.08. The van der Waals surface area contributed by atoms with Crippen LogP contribution in [0.15, 0.2) is 79.0 Å². The van der Waals surface area contributed by atoms with Gasteiger partial charge >= 0.3 is 6.03 Å². The van der Waals surface area contributed by atoms with Crippen LogP contribution in [-0.2, 0) is 6.54 Å². The van der Waals surface area contributed by atoms with Crippen molar-refractivity contribution in [1.82, 2.24) is 9.47 Å². The molecule has 2 amide bonds. The third-order valence-electron chi connectivity index (χ3n) is 5.79. The smallest absolute Gasteiger partial charge is 0.318 e. The van der Waals surface area contributed by atoms with E-state index in [9.17, 15) is 13.6 Å². The number of aromatic nitrogens is 1. The van der Waals surface area contributed by atoms with E-state index in [-0.39, 0.29) is 6.54 Å². The molecule has 1 aromatic heterocycles. The highest BCUT2D eigenvalue weighted by molar-refractivity contribution is 6.33. The van der Waals surface area contributed by atoms with Gasteiger partial charge in [0.1, 0.15) is 11.6 Å². The molecule has 0 radical (unpaired) electrons. The molecule has 0 spiro atoms. The third kappa shape index (κ3) is 3.98. The molecule has 0 fully saturated rings. The Kier molecular flexibility index (Phi) is 5.38. The Morgan fingerprint density at radius 3 is 2.52 bits per heavy atom. The lowest BCUT2D eigenvalue weighted by Gasteiger charge is -2.31. The monoisotopic (exact) mass is 463 g/mol. The number of hydrogen-bond donors (Lipinski definition) is 1. The highest BCUT2D eigenvalue weighted by Crippen LogP contribution is 2.37. The highest BCUT2D eigenvalue weighted by atomic mass is 35.5. The molecule has 7 heteroatoms. The second kappa shape index (κ2) is 8.37. The molecule has 1 aliphatic heterocycles. The zero-order valence-electron chi connectivity index (χ0n) is 17.7. The first-order valence-corrected chi connectivity index (χ1v) is 10.8. The van der Waals surface area contributed by atoms with E-state index in [1.165, 1.54) is 12.1 Å². The number of nitrogens with zero attached hydrogens (tertiary/aromatic N) is 2. The van der Waals surface area contributed by atoms with E-state index in [0.717, 1.165) is 28.6 Å². The van der Waals surface area contributed by atoms with Crippen LogP contribution in [-0.4, -0.2) is 15.5 Å². The van der Waals surface area contributed by atoms with Crippen molar-refractivity contribution in [1.29, 1.82) is 0 Å². The molecule has 0 saturated heterocycles. The van der Waals surface area contributed by atoms with Crippen LogP contribution in [0, 0.1) is 18.6 Å². The fourth-order valence-electron chi connectivity index (χ4n) is 4.33. The molecular formula is C26H20ClF2N3O. The summed E-state index contributed by atoms with van der Waals surface area (Å²) in [5, 5.41) is 3.29. The number of urea groups is 1. The average molecular weight is 464 g/mol. The van der Waals surface area contributed by atoms with Crippen LogP contribution < -0.4 is 5.32 Å². The molecule has 33 heavy (non-hydrogen) atoms. The van der Waals surface area contributed by atoms with Crippen molar-refractivity contribution in [2.45, 2.75) is 19.5 Å². The summed E-state index contributed by atoms with van der Waals surface area (Å²) < 4.78 is 30.4. The molecule has 4 aromatic rings. The quantitative estimate of drug-likeness (QED) is 0.346. The van der Waals surface area contributed by atoms with Gasteiger partial charge in [-0.3, -0.25) is 0 Å². The van der Waals surface area contributed by atoms with Crippen LogP contribution in [0.25, 0.3) is 5.69 Å². The normalized spacial score (nSPS) is 14.9. The minimum absolute atomic E-state index is 0.232. The van der Waals surface area contributed by atoms with Crippen LogP contribution in [0.5, 0.6) is 0 Å². The number of nitrogens with one attached hydrogen (secondary N) is 1. The Balaban J connectivity index is 1.65. The average Bonchev–Trinajstić information content (AvgIpc) is 3.19. The topological polar surface area (TPSA) is 37.3 Å². The van der Waals surface area contributed by atoms with Gasteiger partial charge in [0.15, 0.2) is 0 Å². The van der Waals surface area contributed by atoms with Crippen molar-refractivity contribution in [2.24, 2.45) is 0 Å². The largest absolute Gasteiger partial charge is 0.323 e. The summed E-state index contributed by atoms with van der Waals surface area (Å²) in [5.41, 5.74) is 4.29. The number of anilines is 1. The van der Waals surface area contributed by atoms with Crippen molar-refractivity contribution in [3.8, 4) is 5.69 Å². The van der Waals surface area contributed by atoms with Crippen molar-refractivity contribution >= 4 is 23.3 Å². The number of fused-ring (bicyclic) bond motifs is 3. The number of hydrogen-bond acceptors (Lipinski definition) is 1. The van der Waals surface area contributed by atoms with Gasteiger partial charge in [-0.25, -0.2) is 13.6 Å². The number of aryl methyl sites for hydroxylation is 1. The number of amides is 2. The van der Waals surface area contributed by atoms with E-state index >= 15 is 0 Å². The van der Waals surface area contributed by atoms with Gasteiger partial charge in [0, 0.05) is 18.0 Å². The van der Waals surface area contributed by atoms with E-state index in [1.807, 2.05) is 60.2 Å². The standard InChI is InChI=1S/C26H20ClF2N3O/c1-16-8-9-22(21(27)11-16)30-26(33)32-15-17-5-2-3-6-23(17)31-10-4-7-24(31)25(32)18-12-19(28)14-20(29)13-18/h2-14,25H,15H2,1H3,(H,30,33)/t25-/m1/s1. The number of benzene rings is 3. The SMILES string of the molecule is Cc1ccc(NC(=O)N2Cc3ccccc3-n3cccc3[C@H]2c2cc(F)cc(F)c2)c(Cl)c1. The molecule has 0 bridgehead atoms. The fourth-order valence-corrected chi connectivity index (χ4v) is 4.61. The molecule has 1 N–H and O–H groups in total. The minimum Gasteiger partial charge on any atom is -0.318 e. The first-order chi connectivity index (χ1) is 15.9. The van der Waals surface area contributed by atoms with Gasteiger partial charge in [0.2, 0.25) is 0 Å². The number of carbonyl (C=O) groups is 1. The molecule has 4 nitrogen and oxygen atoms in total. The van der Waals surface area contributed by atoms with E-state index < -0.39 is 23.7 Å². The zero-order chi connectivity index (χ0) is 23.1. The molecule has 166 valence electrons. The van der Waals surface area contributed by atoms with E-state index in [1.54, 1.807) is 17.0 Å². The Morgan fingerprint density at radius 2 is 1.76 bits per heavy atom. The summed E-state index contributed by atoms with van der Waals surface area (Å²) in [7, 11) is 0. The van der Waals surface area contributed by atoms with Gasteiger partial charge in [-0.15, -0.1) is 0 Å². The van der Waals surface area contributed by atoms with Crippen molar-refractivity contribution in [3.63, 3.8) is 0 Å². The van der Waals surface area contributed by atoms with E-state index in [4.69, 9.17) is 11.6 Å². The number of halogens is 3. The first-order valence-electron chi connectivity index (χ1n) is 10.5. The fraction of sp³-hybridized carbons (Fsp3) is 0.115. The minimum atomic E-state index is -0.734. The molecule has 0 unspecified atom stereocenters. The summed E-state index contributed by atoms with van der Waals surface area (Å²) >= 11 is 6.35. The van der Waals surface area contributed by atoms with Gasteiger partial charge in [-0.05, 0) is 66.1 Å². The van der Waals surface area contributed by atoms with Crippen LogP contribution in [0.4, 0.5) is 19.3 Å². The number of rotatable bonds is 2. The Morgan fingerprint density at radius 1 is 1.00 bits per heavy atom. The van der Waals surface area contributed by atoms with E-state index in [0.29, 0.717) is 16.3 Å². The summed E-state index contributed by atoms with van der Waals surface area (Å²) in [5.74, 6) is -1.40. The highest BCUT2D eigenvalue weighted by Gasteiger charge is 2.33. The molecule has 5 rings (SSSR count).